The van der Waals surface area contributed by atoms with Crippen molar-refractivity contribution in [2.24, 2.45) is 5.92 Å². The Balaban J connectivity index is 2.33. The summed E-state index contributed by atoms with van der Waals surface area (Å²) in [4.78, 5) is 12.3. The smallest absolute Gasteiger partial charge is 0.255 e. The second-order valence-corrected chi connectivity index (χ2v) is 5.42. The summed E-state index contributed by atoms with van der Waals surface area (Å²) in [5, 5.41) is 14.9. The second kappa shape index (κ2) is 5.95. The van der Waals surface area contributed by atoms with Crippen LogP contribution in [0.2, 0.25) is 0 Å². The van der Waals surface area contributed by atoms with Crippen molar-refractivity contribution in [2.75, 3.05) is 0 Å². The minimum absolute atomic E-state index is 0.0548. The van der Waals surface area contributed by atoms with E-state index in [1.165, 1.54) is 0 Å². The average molecular weight is 271 g/mol. The summed E-state index contributed by atoms with van der Waals surface area (Å²) < 4.78 is 0. The Morgan fingerprint density at radius 1 is 1.20 bits per heavy atom. The highest BCUT2D eigenvalue weighted by atomic mass is 16.3. The first-order valence-electron chi connectivity index (χ1n) is 7.06. The number of carbonyl (C=O) groups is 1. The minimum atomic E-state index is -0.214. The van der Waals surface area contributed by atoms with Gasteiger partial charge in [0.1, 0.15) is 5.75 Å². The Morgan fingerprint density at radius 2 is 1.90 bits per heavy atom. The van der Waals surface area contributed by atoms with Crippen molar-refractivity contribution in [3.63, 3.8) is 0 Å². The highest BCUT2D eigenvalue weighted by Crippen LogP contribution is 2.28. The lowest BCUT2D eigenvalue weighted by Crippen LogP contribution is -2.38. The fraction of sp³-hybridized carbons (Fsp3) is 0.353. The van der Waals surface area contributed by atoms with Gasteiger partial charge < -0.3 is 10.4 Å². The number of benzene rings is 2. The SMILES string of the molecule is CCC(NC(=O)c1ccc2ccccc2c1O)C(C)C. The van der Waals surface area contributed by atoms with E-state index in [0.29, 0.717) is 16.9 Å². The molecular weight excluding hydrogens is 250 g/mol. The molecule has 0 fully saturated rings. The van der Waals surface area contributed by atoms with Crippen molar-refractivity contribution in [3.8, 4) is 5.75 Å². The molecule has 2 aromatic carbocycles. The largest absolute Gasteiger partial charge is 0.506 e. The van der Waals surface area contributed by atoms with Crippen molar-refractivity contribution >= 4 is 16.7 Å². The van der Waals surface area contributed by atoms with Crippen LogP contribution in [0, 0.1) is 5.92 Å². The molecule has 3 nitrogen and oxygen atoms in total. The van der Waals surface area contributed by atoms with E-state index in [1.54, 1.807) is 6.07 Å². The molecule has 0 aliphatic carbocycles. The molecule has 1 amide bonds. The van der Waals surface area contributed by atoms with Crippen LogP contribution in [0.25, 0.3) is 10.8 Å². The zero-order valence-electron chi connectivity index (χ0n) is 12.2. The van der Waals surface area contributed by atoms with Gasteiger partial charge in [-0.25, -0.2) is 0 Å². The third-order valence-electron chi connectivity index (χ3n) is 3.71. The number of nitrogens with one attached hydrogen (secondary N) is 1. The molecule has 0 spiro atoms. The van der Waals surface area contributed by atoms with Gasteiger partial charge in [0.15, 0.2) is 0 Å². The Hall–Kier alpha value is -2.03. The van der Waals surface area contributed by atoms with Crippen molar-refractivity contribution in [1.29, 1.82) is 0 Å². The molecule has 0 heterocycles. The molecule has 0 aliphatic heterocycles. The van der Waals surface area contributed by atoms with Gasteiger partial charge >= 0.3 is 0 Å². The van der Waals surface area contributed by atoms with Crippen LogP contribution in [0.1, 0.15) is 37.6 Å². The molecular formula is C17H21NO2. The molecule has 0 aliphatic rings. The van der Waals surface area contributed by atoms with E-state index in [2.05, 4.69) is 19.2 Å². The molecule has 3 heteroatoms. The second-order valence-electron chi connectivity index (χ2n) is 5.42. The first kappa shape index (κ1) is 14.4. The number of rotatable bonds is 4. The number of aromatic hydroxyl groups is 1. The number of carbonyl (C=O) groups excluding carboxylic acids is 1. The normalized spacial score (nSPS) is 12.6. The standard InChI is InChI=1S/C17H21NO2/c1-4-15(11(2)3)18-17(20)14-10-9-12-7-5-6-8-13(12)16(14)19/h5-11,15,19H,4H2,1-3H3,(H,18,20). The number of hydrogen-bond donors (Lipinski definition) is 2. The molecule has 1 atom stereocenters. The van der Waals surface area contributed by atoms with Crippen LogP contribution in [0.15, 0.2) is 36.4 Å². The van der Waals surface area contributed by atoms with Gasteiger partial charge in [0, 0.05) is 11.4 Å². The summed E-state index contributed by atoms with van der Waals surface area (Å²) in [6.07, 6.45) is 0.873. The van der Waals surface area contributed by atoms with E-state index in [1.807, 2.05) is 37.3 Å². The summed E-state index contributed by atoms with van der Waals surface area (Å²) in [7, 11) is 0. The first-order chi connectivity index (χ1) is 9.54. The maximum absolute atomic E-state index is 12.3. The van der Waals surface area contributed by atoms with E-state index >= 15 is 0 Å². The maximum atomic E-state index is 12.3. The van der Waals surface area contributed by atoms with E-state index in [0.717, 1.165) is 11.8 Å². The molecule has 20 heavy (non-hydrogen) atoms. The monoisotopic (exact) mass is 271 g/mol. The summed E-state index contributed by atoms with van der Waals surface area (Å²) in [6, 6.07) is 11.2. The Bertz CT molecular complexity index is 619. The van der Waals surface area contributed by atoms with Gasteiger partial charge in [0.05, 0.1) is 5.56 Å². The fourth-order valence-corrected chi connectivity index (χ4v) is 2.42. The lowest BCUT2D eigenvalue weighted by Gasteiger charge is -2.21. The quantitative estimate of drug-likeness (QED) is 0.890. The predicted molar refractivity (Wildman–Crippen MR) is 82.0 cm³/mol. The Labute approximate surface area is 119 Å². The Kier molecular flexibility index (Phi) is 4.28. The molecule has 0 aromatic heterocycles. The van der Waals surface area contributed by atoms with E-state index < -0.39 is 0 Å². The van der Waals surface area contributed by atoms with Crippen molar-refractivity contribution in [3.05, 3.63) is 42.0 Å². The zero-order valence-corrected chi connectivity index (χ0v) is 12.2. The fourth-order valence-electron chi connectivity index (χ4n) is 2.42. The van der Waals surface area contributed by atoms with E-state index in [9.17, 15) is 9.90 Å². The number of phenolic OH excluding ortho intramolecular Hbond substituents is 1. The summed E-state index contributed by atoms with van der Waals surface area (Å²) in [5.74, 6) is 0.208. The van der Waals surface area contributed by atoms with Crippen molar-refractivity contribution in [2.45, 2.75) is 33.2 Å². The summed E-state index contributed by atoms with van der Waals surface area (Å²) in [5.41, 5.74) is 0.336. The number of hydrogen-bond acceptors (Lipinski definition) is 2. The third-order valence-corrected chi connectivity index (χ3v) is 3.71. The topological polar surface area (TPSA) is 49.3 Å². The summed E-state index contributed by atoms with van der Waals surface area (Å²) >= 11 is 0. The Morgan fingerprint density at radius 3 is 2.55 bits per heavy atom. The van der Waals surface area contributed by atoms with Crippen LogP contribution in [0.5, 0.6) is 5.75 Å². The van der Waals surface area contributed by atoms with Gasteiger partial charge in [-0.1, -0.05) is 51.1 Å². The van der Waals surface area contributed by atoms with E-state index in [4.69, 9.17) is 0 Å². The van der Waals surface area contributed by atoms with Crippen LogP contribution in [-0.4, -0.2) is 17.1 Å². The van der Waals surface area contributed by atoms with Crippen LogP contribution in [0.3, 0.4) is 0 Å². The van der Waals surface area contributed by atoms with Gasteiger partial charge in [0.25, 0.3) is 5.91 Å². The molecule has 0 bridgehead atoms. The van der Waals surface area contributed by atoms with Gasteiger partial charge in [-0.3, -0.25) is 4.79 Å². The van der Waals surface area contributed by atoms with Gasteiger partial charge in [-0.15, -0.1) is 0 Å². The number of amides is 1. The van der Waals surface area contributed by atoms with Gasteiger partial charge in [-0.2, -0.15) is 0 Å². The lowest BCUT2D eigenvalue weighted by molar-refractivity contribution is 0.0922. The molecule has 0 saturated carbocycles. The number of phenols is 1. The van der Waals surface area contributed by atoms with Gasteiger partial charge in [-0.05, 0) is 23.8 Å². The highest BCUT2D eigenvalue weighted by molar-refractivity contribution is 6.03. The minimum Gasteiger partial charge on any atom is -0.506 e. The molecule has 1 unspecified atom stereocenters. The molecule has 2 aromatic rings. The predicted octanol–water partition coefficient (Wildman–Crippen LogP) is 3.71. The van der Waals surface area contributed by atoms with Crippen LogP contribution in [-0.2, 0) is 0 Å². The van der Waals surface area contributed by atoms with Crippen LogP contribution >= 0.6 is 0 Å². The maximum Gasteiger partial charge on any atom is 0.255 e. The highest BCUT2D eigenvalue weighted by Gasteiger charge is 2.18. The summed E-state index contributed by atoms with van der Waals surface area (Å²) in [6.45, 7) is 6.20. The molecule has 0 saturated heterocycles. The van der Waals surface area contributed by atoms with Crippen LogP contribution in [0.4, 0.5) is 0 Å². The molecule has 2 N–H and O–H groups in total. The van der Waals surface area contributed by atoms with Gasteiger partial charge in [0.2, 0.25) is 0 Å². The average Bonchev–Trinajstić information content (AvgIpc) is 2.44. The van der Waals surface area contributed by atoms with E-state index in [-0.39, 0.29) is 17.7 Å². The zero-order chi connectivity index (χ0) is 14.7. The lowest BCUT2D eigenvalue weighted by atomic mass is 10.0. The third kappa shape index (κ3) is 2.77. The van der Waals surface area contributed by atoms with Crippen molar-refractivity contribution < 1.29 is 9.90 Å². The van der Waals surface area contributed by atoms with Crippen molar-refractivity contribution in [1.82, 2.24) is 5.32 Å². The number of fused-ring (bicyclic) bond motifs is 1. The molecule has 2 rings (SSSR count). The first-order valence-corrected chi connectivity index (χ1v) is 7.06. The molecule has 106 valence electrons. The van der Waals surface area contributed by atoms with Crippen LogP contribution < -0.4 is 5.32 Å². The molecule has 0 radical (unpaired) electrons.